The largest absolute Gasteiger partial charge is 0.493 e. The highest BCUT2D eigenvalue weighted by atomic mass is 32.1. The van der Waals surface area contributed by atoms with Gasteiger partial charge in [-0.3, -0.25) is 4.79 Å². The van der Waals surface area contributed by atoms with Crippen LogP contribution >= 0.6 is 11.3 Å². The van der Waals surface area contributed by atoms with Gasteiger partial charge in [0.15, 0.2) is 11.5 Å². The third-order valence-corrected chi connectivity index (χ3v) is 7.99. The van der Waals surface area contributed by atoms with Gasteiger partial charge in [-0.15, -0.1) is 11.3 Å². The van der Waals surface area contributed by atoms with Gasteiger partial charge in [-0.2, -0.15) is 0 Å². The molecule has 156 valence electrons. The molecule has 1 aliphatic heterocycles. The maximum atomic E-state index is 13.0. The summed E-state index contributed by atoms with van der Waals surface area (Å²) in [6.45, 7) is 7.01. The fraction of sp³-hybridized carbons (Fsp3) is 0.522. The lowest BCUT2D eigenvalue weighted by molar-refractivity contribution is 0.0934. The molecule has 2 aromatic rings. The number of hydrogen-bond donors (Lipinski definition) is 2. The highest BCUT2D eigenvalue weighted by Gasteiger charge is 2.37. The SMILES string of the molecule is CCC(C)(C)[C@H]1CCc2c(sc3c2C(=O)N[C@@H](c2ccc(OC)c(OC)c2)N3)C1. The zero-order valence-electron chi connectivity index (χ0n) is 17.8. The minimum absolute atomic E-state index is 0.0178. The average Bonchev–Trinajstić information content (AvgIpc) is 3.11. The van der Waals surface area contributed by atoms with Crippen LogP contribution in [0.25, 0.3) is 0 Å². The molecule has 2 aliphatic rings. The van der Waals surface area contributed by atoms with Gasteiger partial charge < -0.3 is 20.1 Å². The molecular weight excluding hydrogens is 384 g/mol. The van der Waals surface area contributed by atoms with E-state index in [4.69, 9.17) is 9.47 Å². The number of anilines is 1. The van der Waals surface area contributed by atoms with Gasteiger partial charge in [-0.25, -0.2) is 0 Å². The molecule has 0 saturated heterocycles. The van der Waals surface area contributed by atoms with Crippen LogP contribution in [0.5, 0.6) is 11.5 Å². The van der Waals surface area contributed by atoms with Crippen molar-refractivity contribution >= 4 is 22.2 Å². The van der Waals surface area contributed by atoms with Crippen molar-refractivity contribution in [2.75, 3.05) is 19.5 Å². The highest BCUT2D eigenvalue weighted by Crippen LogP contribution is 2.47. The molecule has 4 rings (SSSR count). The second-order valence-electron chi connectivity index (χ2n) is 8.66. The summed E-state index contributed by atoms with van der Waals surface area (Å²) in [5.74, 6) is 2.02. The Hall–Kier alpha value is -2.21. The van der Waals surface area contributed by atoms with Crippen LogP contribution in [0.2, 0.25) is 0 Å². The summed E-state index contributed by atoms with van der Waals surface area (Å²) < 4.78 is 10.7. The summed E-state index contributed by atoms with van der Waals surface area (Å²) in [6, 6.07) is 5.74. The summed E-state index contributed by atoms with van der Waals surface area (Å²) in [5, 5.41) is 7.67. The summed E-state index contributed by atoms with van der Waals surface area (Å²) in [4.78, 5) is 14.4. The number of methoxy groups -OCH3 is 2. The molecule has 0 bridgehead atoms. The highest BCUT2D eigenvalue weighted by molar-refractivity contribution is 7.16. The molecule has 1 aromatic heterocycles. The number of thiophene rings is 1. The lowest BCUT2D eigenvalue weighted by Gasteiger charge is -2.36. The minimum Gasteiger partial charge on any atom is -0.493 e. The molecular formula is C23H30N2O3S. The van der Waals surface area contributed by atoms with Crippen molar-refractivity contribution in [2.24, 2.45) is 11.3 Å². The van der Waals surface area contributed by atoms with Gasteiger partial charge in [0.1, 0.15) is 11.2 Å². The standard InChI is InChI=1S/C23H30N2O3S/c1-6-23(2,3)14-8-9-15-18(12-14)29-22-19(15)21(26)24-20(25-22)13-7-10-16(27-4)17(11-13)28-5/h7,10-11,14,20,25H,6,8-9,12H2,1-5H3,(H,24,26)/t14-,20+/m0/s1. The van der Waals surface area contributed by atoms with Crippen molar-refractivity contribution in [1.29, 1.82) is 0 Å². The molecule has 0 fully saturated rings. The van der Waals surface area contributed by atoms with Gasteiger partial charge >= 0.3 is 0 Å². The van der Waals surface area contributed by atoms with Gasteiger partial charge in [-0.1, -0.05) is 33.3 Å². The number of nitrogens with one attached hydrogen (secondary N) is 2. The topological polar surface area (TPSA) is 59.6 Å². The molecule has 1 aliphatic carbocycles. The number of amides is 1. The monoisotopic (exact) mass is 414 g/mol. The Balaban J connectivity index is 1.62. The van der Waals surface area contributed by atoms with Crippen LogP contribution in [-0.2, 0) is 12.8 Å². The van der Waals surface area contributed by atoms with Gasteiger partial charge in [-0.05, 0) is 53.9 Å². The minimum atomic E-state index is -0.280. The average molecular weight is 415 g/mol. The van der Waals surface area contributed by atoms with Crippen LogP contribution in [-0.4, -0.2) is 20.1 Å². The molecule has 0 radical (unpaired) electrons. The number of benzene rings is 1. The number of hydrogen-bond acceptors (Lipinski definition) is 5. The van der Waals surface area contributed by atoms with Gasteiger partial charge in [0.25, 0.3) is 5.91 Å². The van der Waals surface area contributed by atoms with Crippen molar-refractivity contribution < 1.29 is 14.3 Å². The summed E-state index contributed by atoms with van der Waals surface area (Å²) in [6.07, 6.45) is 4.12. The second kappa shape index (κ2) is 7.56. The van der Waals surface area contributed by atoms with Crippen LogP contribution in [0.3, 0.4) is 0 Å². The number of ether oxygens (including phenoxy) is 2. The summed E-state index contributed by atoms with van der Waals surface area (Å²) in [5.41, 5.74) is 3.39. The van der Waals surface area contributed by atoms with Crippen LogP contribution in [0, 0.1) is 11.3 Å². The number of rotatable bonds is 5. The fourth-order valence-electron chi connectivity index (χ4n) is 4.45. The van der Waals surface area contributed by atoms with E-state index < -0.39 is 0 Å². The Morgan fingerprint density at radius 1 is 1.17 bits per heavy atom. The Bertz CT molecular complexity index is 934. The van der Waals surface area contributed by atoms with Crippen LogP contribution in [0.15, 0.2) is 18.2 Å². The Kier molecular flexibility index (Phi) is 5.23. The molecule has 5 nitrogen and oxygen atoms in total. The van der Waals surface area contributed by atoms with Crippen molar-refractivity contribution in [3.05, 3.63) is 39.8 Å². The Labute approximate surface area is 176 Å². The van der Waals surface area contributed by atoms with E-state index >= 15 is 0 Å². The van der Waals surface area contributed by atoms with E-state index in [1.165, 1.54) is 16.9 Å². The first kappa shape index (κ1) is 20.1. The number of carbonyl (C=O) groups excluding carboxylic acids is 1. The van der Waals surface area contributed by atoms with Crippen molar-refractivity contribution in [3.8, 4) is 11.5 Å². The zero-order chi connectivity index (χ0) is 20.8. The molecule has 29 heavy (non-hydrogen) atoms. The smallest absolute Gasteiger partial charge is 0.256 e. The number of carbonyl (C=O) groups is 1. The zero-order valence-corrected chi connectivity index (χ0v) is 18.7. The van der Waals surface area contributed by atoms with E-state index in [0.717, 1.165) is 35.4 Å². The van der Waals surface area contributed by atoms with Crippen molar-refractivity contribution in [1.82, 2.24) is 5.32 Å². The van der Waals surface area contributed by atoms with Crippen molar-refractivity contribution in [2.45, 2.75) is 52.6 Å². The summed E-state index contributed by atoms with van der Waals surface area (Å²) >= 11 is 1.76. The maximum absolute atomic E-state index is 13.0. The maximum Gasteiger partial charge on any atom is 0.256 e. The molecule has 0 saturated carbocycles. The second-order valence-corrected chi connectivity index (χ2v) is 9.76. The molecule has 2 N–H and O–H groups in total. The van der Waals surface area contributed by atoms with E-state index in [-0.39, 0.29) is 12.1 Å². The number of fused-ring (bicyclic) bond motifs is 3. The Morgan fingerprint density at radius 3 is 2.62 bits per heavy atom. The quantitative estimate of drug-likeness (QED) is 0.709. The molecule has 6 heteroatoms. The van der Waals surface area contributed by atoms with Gasteiger partial charge in [0, 0.05) is 4.88 Å². The third kappa shape index (κ3) is 3.48. The molecule has 1 aromatic carbocycles. The van der Waals surface area contributed by atoms with Gasteiger partial charge in [0.05, 0.1) is 19.8 Å². The van der Waals surface area contributed by atoms with Gasteiger partial charge in [0.2, 0.25) is 0 Å². The lowest BCUT2D eigenvalue weighted by atomic mass is 9.69. The van der Waals surface area contributed by atoms with Crippen LogP contribution < -0.4 is 20.1 Å². The first-order valence-electron chi connectivity index (χ1n) is 10.3. The van der Waals surface area contributed by atoms with E-state index in [2.05, 4.69) is 31.4 Å². The lowest BCUT2D eigenvalue weighted by Crippen LogP contribution is -2.38. The molecule has 1 amide bonds. The molecule has 2 atom stereocenters. The third-order valence-electron chi connectivity index (χ3n) is 6.80. The van der Waals surface area contributed by atoms with E-state index in [1.807, 2.05) is 18.2 Å². The first-order chi connectivity index (χ1) is 13.9. The molecule has 0 spiro atoms. The van der Waals surface area contributed by atoms with E-state index in [9.17, 15) is 4.79 Å². The molecule has 2 heterocycles. The van der Waals surface area contributed by atoms with E-state index in [0.29, 0.717) is 22.8 Å². The van der Waals surface area contributed by atoms with Crippen molar-refractivity contribution in [3.63, 3.8) is 0 Å². The predicted molar refractivity (Wildman–Crippen MR) is 117 cm³/mol. The normalized spacial score (nSPS) is 20.9. The Morgan fingerprint density at radius 2 is 1.93 bits per heavy atom. The van der Waals surface area contributed by atoms with Crippen LogP contribution in [0.1, 0.15) is 66.1 Å². The molecule has 0 unspecified atom stereocenters. The fourth-order valence-corrected chi connectivity index (χ4v) is 5.81. The summed E-state index contributed by atoms with van der Waals surface area (Å²) in [7, 11) is 3.24. The van der Waals surface area contributed by atoms with Crippen LogP contribution in [0.4, 0.5) is 5.00 Å². The first-order valence-corrected chi connectivity index (χ1v) is 11.1. The predicted octanol–water partition coefficient (Wildman–Crippen LogP) is 5.16. The van der Waals surface area contributed by atoms with E-state index in [1.54, 1.807) is 25.6 Å².